The molecule has 3 N–H and O–H groups in total. The normalized spacial score (nSPS) is 18.9. The van der Waals surface area contributed by atoms with Gasteiger partial charge in [0.05, 0.1) is 16.8 Å². The third-order valence-electron chi connectivity index (χ3n) is 6.49. The van der Waals surface area contributed by atoms with Gasteiger partial charge in [0.15, 0.2) is 0 Å². The highest BCUT2D eigenvalue weighted by Crippen LogP contribution is 2.50. The van der Waals surface area contributed by atoms with Gasteiger partial charge in [-0.25, -0.2) is 19.9 Å². The fourth-order valence-electron chi connectivity index (χ4n) is 4.36. The number of fused-ring (bicyclic) bond motifs is 1. The number of aromatic nitrogens is 5. The van der Waals surface area contributed by atoms with Crippen LogP contribution in [-0.4, -0.2) is 55.7 Å². The van der Waals surface area contributed by atoms with Crippen LogP contribution >= 0.6 is 11.8 Å². The standard InChI is InChI=1S/C26H26N8OS/c1-27-25(35)19-7-8-28-24-18(19)3-2-4-20(24)22-9-17(36-22)13-29-23-10-21(32-14-33-23)15-11-30-26(31-12-15)34-16-5-6-16/h2-4,7-8,10-12,14,16-17,22H,5-6,9,13H2,1H3,(H,27,35)(H,29,32,33)(H,30,31,34). The number of rotatable bonds is 8. The first kappa shape index (κ1) is 22.7. The highest BCUT2D eigenvalue weighted by molar-refractivity contribution is 8.01. The summed E-state index contributed by atoms with van der Waals surface area (Å²) in [6.45, 7) is 0.806. The average Bonchev–Trinajstić information content (AvgIpc) is 3.71. The number of amides is 1. The van der Waals surface area contributed by atoms with E-state index in [0.29, 0.717) is 28.1 Å². The van der Waals surface area contributed by atoms with Crippen molar-refractivity contribution in [2.45, 2.75) is 35.8 Å². The van der Waals surface area contributed by atoms with Crippen LogP contribution in [0.2, 0.25) is 0 Å². The second-order valence-corrected chi connectivity index (χ2v) is 10.6. The molecule has 9 nitrogen and oxygen atoms in total. The van der Waals surface area contributed by atoms with Crippen molar-refractivity contribution >= 4 is 40.3 Å². The summed E-state index contributed by atoms with van der Waals surface area (Å²) in [6, 6.07) is 10.3. The minimum absolute atomic E-state index is 0.0930. The summed E-state index contributed by atoms with van der Waals surface area (Å²) in [7, 11) is 1.65. The molecule has 0 radical (unpaired) electrons. The lowest BCUT2D eigenvalue weighted by Gasteiger charge is -2.35. The van der Waals surface area contributed by atoms with Crippen molar-refractivity contribution in [1.82, 2.24) is 30.2 Å². The zero-order chi connectivity index (χ0) is 24.5. The third kappa shape index (κ3) is 4.68. The first-order chi connectivity index (χ1) is 17.7. The maximum absolute atomic E-state index is 12.3. The van der Waals surface area contributed by atoms with E-state index in [0.717, 1.165) is 40.9 Å². The van der Waals surface area contributed by atoms with Crippen molar-refractivity contribution in [3.05, 3.63) is 66.4 Å². The fourth-order valence-corrected chi connectivity index (χ4v) is 5.63. The quantitative estimate of drug-likeness (QED) is 0.330. The molecule has 10 heteroatoms. The highest BCUT2D eigenvalue weighted by Gasteiger charge is 2.32. The number of thioether (sulfide) groups is 1. The molecule has 36 heavy (non-hydrogen) atoms. The Labute approximate surface area is 213 Å². The Morgan fingerprint density at radius 1 is 1.08 bits per heavy atom. The largest absolute Gasteiger partial charge is 0.369 e. The van der Waals surface area contributed by atoms with Gasteiger partial charge in [-0.05, 0) is 30.9 Å². The molecule has 0 bridgehead atoms. The van der Waals surface area contributed by atoms with Crippen LogP contribution in [0, 0.1) is 0 Å². The summed E-state index contributed by atoms with van der Waals surface area (Å²) in [5, 5.41) is 11.2. The van der Waals surface area contributed by atoms with Crippen molar-refractivity contribution in [2.24, 2.45) is 0 Å². The number of nitrogens with zero attached hydrogens (tertiary/aromatic N) is 5. The first-order valence-corrected chi connectivity index (χ1v) is 13.0. The molecule has 2 aliphatic rings. The van der Waals surface area contributed by atoms with Gasteiger partial charge in [0.1, 0.15) is 12.1 Å². The molecule has 6 rings (SSSR count). The van der Waals surface area contributed by atoms with Gasteiger partial charge in [-0.3, -0.25) is 9.78 Å². The van der Waals surface area contributed by atoms with Crippen LogP contribution in [0.4, 0.5) is 11.8 Å². The molecular weight excluding hydrogens is 472 g/mol. The van der Waals surface area contributed by atoms with Gasteiger partial charge in [0.25, 0.3) is 5.91 Å². The predicted molar refractivity (Wildman–Crippen MR) is 142 cm³/mol. The molecule has 4 aromatic rings. The Balaban J connectivity index is 1.08. The highest BCUT2D eigenvalue weighted by atomic mass is 32.2. The van der Waals surface area contributed by atoms with Crippen LogP contribution in [0.15, 0.2) is 55.2 Å². The summed E-state index contributed by atoms with van der Waals surface area (Å²) in [4.78, 5) is 34.4. The van der Waals surface area contributed by atoms with Crippen LogP contribution in [-0.2, 0) is 0 Å². The number of hydrogen-bond donors (Lipinski definition) is 3. The number of carbonyl (C=O) groups excluding carboxylic acids is 1. The van der Waals surface area contributed by atoms with E-state index < -0.39 is 0 Å². The van der Waals surface area contributed by atoms with Gasteiger partial charge in [0, 0.05) is 65.7 Å². The summed E-state index contributed by atoms with van der Waals surface area (Å²) in [5.74, 6) is 1.35. The van der Waals surface area contributed by atoms with Gasteiger partial charge in [-0.1, -0.05) is 18.2 Å². The molecule has 1 aromatic carbocycles. The predicted octanol–water partition coefficient (Wildman–Crippen LogP) is 4.07. The Kier molecular flexibility index (Phi) is 6.10. The average molecular weight is 499 g/mol. The molecule has 2 unspecified atom stereocenters. The minimum atomic E-state index is -0.0930. The molecule has 3 aromatic heterocycles. The van der Waals surface area contributed by atoms with Gasteiger partial charge in [0.2, 0.25) is 5.95 Å². The topological polar surface area (TPSA) is 118 Å². The molecule has 0 spiro atoms. The minimum Gasteiger partial charge on any atom is -0.369 e. The van der Waals surface area contributed by atoms with Crippen LogP contribution in [0.3, 0.4) is 0 Å². The molecule has 2 fully saturated rings. The Bertz CT molecular complexity index is 1400. The van der Waals surface area contributed by atoms with E-state index in [1.165, 1.54) is 18.4 Å². The molecule has 4 heterocycles. The number of hydrogen-bond acceptors (Lipinski definition) is 9. The molecule has 2 atom stereocenters. The van der Waals surface area contributed by atoms with Crippen molar-refractivity contribution in [1.29, 1.82) is 0 Å². The molecule has 1 saturated carbocycles. The van der Waals surface area contributed by atoms with E-state index in [9.17, 15) is 4.79 Å². The maximum atomic E-state index is 12.3. The van der Waals surface area contributed by atoms with E-state index in [2.05, 4.69) is 46.9 Å². The maximum Gasteiger partial charge on any atom is 0.251 e. The summed E-state index contributed by atoms with van der Waals surface area (Å²) >= 11 is 1.92. The van der Waals surface area contributed by atoms with Crippen LogP contribution in [0.25, 0.3) is 22.2 Å². The van der Waals surface area contributed by atoms with E-state index in [-0.39, 0.29) is 5.91 Å². The molecule has 1 amide bonds. The second kappa shape index (κ2) is 9.69. The lowest BCUT2D eigenvalue weighted by Crippen LogP contribution is -2.28. The Hall–Kier alpha value is -3.79. The van der Waals surface area contributed by atoms with E-state index in [4.69, 9.17) is 0 Å². The monoisotopic (exact) mass is 498 g/mol. The Morgan fingerprint density at radius 3 is 2.69 bits per heavy atom. The van der Waals surface area contributed by atoms with E-state index >= 15 is 0 Å². The zero-order valence-electron chi connectivity index (χ0n) is 19.8. The molecule has 1 saturated heterocycles. The van der Waals surface area contributed by atoms with Gasteiger partial charge < -0.3 is 16.0 Å². The lowest BCUT2D eigenvalue weighted by molar-refractivity contribution is 0.0964. The van der Waals surface area contributed by atoms with Crippen LogP contribution < -0.4 is 16.0 Å². The van der Waals surface area contributed by atoms with Crippen LogP contribution in [0.1, 0.15) is 40.4 Å². The van der Waals surface area contributed by atoms with E-state index in [1.807, 2.05) is 30.0 Å². The van der Waals surface area contributed by atoms with Gasteiger partial charge in [-0.2, -0.15) is 0 Å². The van der Waals surface area contributed by atoms with Gasteiger partial charge in [-0.15, -0.1) is 11.8 Å². The number of para-hydroxylation sites is 1. The molecular formula is C26H26N8OS. The van der Waals surface area contributed by atoms with Crippen LogP contribution in [0.5, 0.6) is 0 Å². The summed E-state index contributed by atoms with van der Waals surface area (Å²) in [5.41, 5.74) is 4.40. The number of anilines is 2. The molecule has 182 valence electrons. The zero-order valence-corrected chi connectivity index (χ0v) is 20.6. The van der Waals surface area contributed by atoms with Gasteiger partial charge >= 0.3 is 0 Å². The number of carbonyl (C=O) groups is 1. The van der Waals surface area contributed by atoms with Crippen molar-refractivity contribution in [3.8, 4) is 11.3 Å². The smallest absolute Gasteiger partial charge is 0.251 e. The second-order valence-electron chi connectivity index (χ2n) is 9.05. The number of benzene rings is 1. The van der Waals surface area contributed by atoms with Crippen molar-refractivity contribution < 1.29 is 4.79 Å². The summed E-state index contributed by atoms with van der Waals surface area (Å²) < 4.78 is 0. The summed E-state index contributed by atoms with van der Waals surface area (Å²) in [6.07, 6.45) is 10.3. The Morgan fingerprint density at radius 2 is 1.92 bits per heavy atom. The van der Waals surface area contributed by atoms with E-state index in [1.54, 1.807) is 38.0 Å². The fraction of sp³-hybridized carbons (Fsp3) is 0.308. The van der Waals surface area contributed by atoms with Crippen molar-refractivity contribution in [3.63, 3.8) is 0 Å². The van der Waals surface area contributed by atoms with Crippen molar-refractivity contribution in [2.75, 3.05) is 24.2 Å². The SMILES string of the molecule is CNC(=O)c1ccnc2c(C3CC(CNc4cc(-c5cnc(NC6CC6)nc5)ncn4)S3)cccc12. The number of pyridine rings is 1. The molecule has 1 aliphatic heterocycles. The lowest BCUT2D eigenvalue weighted by atomic mass is 9.99. The third-order valence-corrected chi connectivity index (χ3v) is 8.01. The first-order valence-electron chi connectivity index (χ1n) is 12.1. The number of nitrogens with one attached hydrogen (secondary N) is 3. The molecule has 1 aliphatic carbocycles.